The Morgan fingerprint density at radius 2 is 1.59 bits per heavy atom. The van der Waals surface area contributed by atoms with Crippen molar-refractivity contribution in [3.63, 3.8) is 0 Å². The lowest BCUT2D eigenvalue weighted by Crippen LogP contribution is -2.51. The molecule has 0 aliphatic rings. The Morgan fingerprint density at radius 1 is 0.949 bits per heavy atom. The van der Waals surface area contributed by atoms with Gasteiger partial charge in [-0.05, 0) is 55.8 Å². The van der Waals surface area contributed by atoms with Crippen molar-refractivity contribution in [3.05, 3.63) is 84.2 Å². The van der Waals surface area contributed by atoms with Gasteiger partial charge in [0.2, 0.25) is 11.8 Å². The highest BCUT2D eigenvalue weighted by molar-refractivity contribution is 7.92. The summed E-state index contributed by atoms with van der Waals surface area (Å²) in [6, 6.07) is 16.9. The second-order valence-corrected chi connectivity index (χ2v) is 10.4. The van der Waals surface area contributed by atoms with Gasteiger partial charge in [-0.1, -0.05) is 30.3 Å². The number of carbonyl (C=O) groups is 2. The van der Waals surface area contributed by atoms with Gasteiger partial charge in [-0.2, -0.15) is 0 Å². The van der Waals surface area contributed by atoms with Gasteiger partial charge in [0, 0.05) is 19.2 Å². The number of hydrogen-bond acceptors (Lipinski definition) is 6. The zero-order valence-electron chi connectivity index (χ0n) is 22.3. The molecule has 0 radical (unpaired) electrons. The van der Waals surface area contributed by atoms with E-state index < -0.39 is 40.2 Å². The van der Waals surface area contributed by atoms with E-state index in [-0.39, 0.29) is 22.9 Å². The van der Waals surface area contributed by atoms with Crippen LogP contribution in [0.2, 0.25) is 0 Å². The Hall–Kier alpha value is -4.12. The summed E-state index contributed by atoms with van der Waals surface area (Å²) in [4.78, 5) is 27.7. The molecule has 3 rings (SSSR count). The number of methoxy groups -OCH3 is 2. The number of amides is 2. The van der Waals surface area contributed by atoms with Gasteiger partial charge in [0.15, 0.2) is 11.5 Å². The predicted octanol–water partition coefficient (Wildman–Crippen LogP) is 3.59. The monoisotopic (exact) mass is 557 g/mol. The van der Waals surface area contributed by atoms with Crippen molar-refractivity contribution in [2.75, 3.05) is 31.6 Å². The van der Waals surface area contributed by atoms with Crippen LogP contribution in [0.3, 0.4) is 0 Å². The van der Waals surface area contributed by atoms with E-state index in [0.29, 0.717) is 17.9 Å². The molecule has 1 N–H and O–H groups in total. The third-order valence-electron chi connectivity index (χ3n) is 6.05. The van der Waals surface area contributed by atoms with Gasteiger partial charge in [-0.15, -0.1) is 0 Å². The average Bonchev–Trinajstić information content (AvgIpc) is 2.95. The summed E-state index contributed by atoms with van der Waals surface area (Å²) in [5, 5.41) is 2.69. The molecule has 2 amide bonds. The zero-order valence-corrected chi connectivity index (χ0v) is 23.1. The second kappa shape index (κ2) is 13.1. The van der Waals surface area contributed by atoms with E-state index in [1.807, 2.05) is 0 Å². The zero-order chi connectivity index (χ0) is 28.6. The number of para-hydroxylation sites is 1. The molecule has 1 unspecified atom stereocenters. The Kier molecular flexibility index (Phi) is 9.89. The molecule has 3 aromatic rings. The maximum Gasteiger partial charge on any atom is 0.264 e. The van der Waals surface area contributed by atoms with Crippen molar-refractivity contribution < 1.29 is 31.9 Å². The summed E-state index contributed by atoms with van der Waals surface area (Å²) >= 11 is 0. The van der Waals surface area contributed by atoms with Crippen LogP contribution in [0.5, 0.6) is 11.5 Å². The topological polar surface area (TPSA) is 105 Å². The maximum atomic E-state index is 13.9. The van der Waals surface area contributed by atoms with Gasteiger partial charge in [0.05, 0.1) is 24.8 Å². The molecule has 3 aromatic carbocycles. The minimum atomic E-state index is -4.27. The highest BCUT2D eigenvalue weighted by atomic mass is 32.2. The van der Waals surface area contributed by atoms with Gasteiger partial charge in [-0.3, -0.25) is 13.9 Å². The number of carbonyl (C=O) groups excluding carboxylic acids is 2. The van der Waals surface area contributed by atoms with E-state index in [9.17, 15) is 22.4 Å². The second-order valence-electron chi connectivity index (χ2n) is 8.58. The molecule has 0 spiro atoms. The van der Waals surface area contributed by atoms with Crippen molar-refractivity contribution in [1.29, 1.82) is 0 Å². The van der Waals surface area contributed by atoms with Crippen LogP contribution in [0.1, 0.15) is 19.4 Å². The number of anilines is 1. The third-order valence-corrected chi connectivity index (χ3v) is 7.82. The Balaban J connectivity index is 2.03. The molecule has 9 nitrogen and oxygen atoms in total. The highest BCUT2D eigenvalue weighted by Gasteiger charge is 2.33. The van der Waals surface area contributed by atoms with Crippen molar-refractivity contribution >= 4 is 27.5 Å². The van der Waals surface area contributed by atoms with Crippen LogP contribution >= 0.6 is 0 Å². The van der Waals surface area contributed by atoms with E-state index in [0.717, 1.165) is 4.31 Å². The van der Waals surface area contributed by atoms with E-state index in [1.54, 1.807) is 44.2 Å². The molecule has 0 aliphatic heterocycles. The van der Waals surface area contributed by atoms with Crippen LogP contribution in [0.15, 0.2) is 77.7 Å². The van der Waals surface area contributed by atoms with E-state index in [1.165, 1.54) is 61.6 Å². The average molecular weight is 558 g/mol. The van der Waals surface area contributed by atoms with E-state index >= 15 is 0 Å². The summed E-state index contributed by atoms with van der Waals surface area (Å²) in [7, 11) is -1.45. The normalized spacial score (nSPS) is 11.8. The Labute approximate surface area is 228 Å². The highest BCUT2D eigenvalue weighted by Crippen LogP contribution is 2.32. The minimum Gasteiger partial charge on any atom is -0.493 e. The van der Waals surface area contributed by atoms with E-state index in [2.05, 4.69) is 5.32 Å². The van der Waals surface area contributed by atoms with Gasteiger partial charge < -0.3 is 19.7 Å². The number of hydrogen-bond donors (Lipinski definition) is 1. The summed E-state index contributed by atoms with van der Waals surface area (Å²) in [6.45, 7) is 3.04. The number of ether oxygens (including phenoxy) is 2. The number of halogens is 1. The van der Waals surface area contributed by atoms with Gasteiger partial charge in [0.25, 0.3) is 10.0 Å². The van der Waals surface area contributed by atoms with Crippen LogP contribution in [-0.2, 0) is 26.2 Å². The van der Waals surface area contributed by atoms with Crippen molar-refractivity contribution in [3.8, 4) is 11.5 Å². The van der Waals surface area contributed by atoms with Crippen molar-refractivity contribution in [1.82, 2.24) is 10.2 Å². The Morgan fingerprint density at radius 3 is 2.18 bits per heavy atom. The Bertz CT molecular complexity index is 1380. The van der Waals surface area contributed by atoms with Crippen LogP contribution < -0.4 is 19.1 Å². The first-order valence-electron chi connectivity index (χ1n) is 12.2. The van der Waals surface area contributed by atoms with Crippen LogP contribution in [0.4, 0.5) is 10.1 Å². The summed E-state index contributed by atoms with van der Waals surface area (Å²) in [6.07, 6.45) is 0. The number of benzene rings is 3. The maximum absolute atomic E-state index is 13.9. The van der Waals surface area contributed by atoms with Crippen molar-refractivity contribution in [2.24, 2.45) is 0 Å². The SMILES string of the molecule is CCNC(=O)C(C)N(Cc1ccc(F)cc1)C(=O)CN(c1ccccc1)S(=O)(=O)c1ccc(OC)c(OC)c1. The number of nitrogens with one attached hydrogen (secondary N) is 1. The molecule has 1 atom stereocenters. The molecule has 0 bridgehead atoms. The van der Waals surface area contributed by atoms with Crippen LogP contribution in [-0.4, -0.2) is 58.5 Å². The van der Waals surface area contributed by atoms with Crippen LogP contribution in [0.25, 0.3) is 0 Å². The number of rotatable bonds is 12. The van der Waals surface area contributed by atoms with E-state index in [4.69, 9.17) is 9.47 Å². The molecule has 208 valence electrons. The number of sulfonamides is 1. The molecule has 0 saturated carbocycles. The lowest BCUT2D eigenvalue weighted by Gasteiger charge is -2.32. The van der Waals surface area contributed by atoms with Crippen LogP contribution in [0, 0.1) is 5.82 Å². The standard InChI is InChI=1S/C28H32FN3O6S/c1-5-30-28(34)20(2)31(18-21-11-13-22(29)14-12-21)27(33)19-32(23-9-7-6-8-10-23)39(35,36)24-15-16-25(37-3)26(17-24)38-4/h6-17,20H,5,18-19H2,1-4H3,(H,30,34). The molecule has 0 saturated heterocycles. The summed E-state index contributed by atoms with van der Waals surface area (Å²) in [5.74, 6) is -0.904. The smallest absolute Gasteiger partial charge is 0.264 e. The molecule has 0 aliphatic carbocycles. The molecular formula is C28H32FN3O6S. The number of likely N-dealkylation sites (N-methyl/N-ethyl adjacent to an activating group) is 1. The fourth-order valence-electron chi connectivity index (χ4n) is 3.92. The van der Waals surface area contributed by atoms with Gasteiger partial charge >= 0.3 is 0 Å². The molecule has 0 fully saturated rings. The van der Waals surface area contributed by atoms with Gasteiger partial charge in [0.1, 0.15) is 18.4 Å². The summed E-state index contributed by atoms with van der Waals surface area (Å²) in [5.41, 5.74) is 0.836. The van der Waals surface area contributed by atoms with Gasteiger partial charge in [-0.25, -0.2) is 12.8 Å². The first kappa shape index (κ1) is 29.4. The molecule has 39 heavy (non-hydrogen) atoms. The molecule has 11 heteroatoms. The predicted molar refractivity (Wildman–Crippen MR) is 146 cm³/mol. The molecular weight excluding hydrogens is 525 g/mol. The molecule has 0 heterocycles. The summed E-state index contributed by atoms with van der Waals surface area (Å²) < 4.78 is 52.8. The lowest BCUT2D eigenvalue weighted by atomic mass is 10.1. The largest absolute Gasteiger partial charge is 0.493 e. The fourth-order valence-corrected chi connectivity index (χ4v) is 5.35. The first-order valence-corrected chi connectivity index (χ1v) is 13.7. The quantitative estimate of drug-likeness (QED) is 0.365. The fraction of sp³-hybridized carbons (Fsp3) is 0.286. The van der Waals surface area contributed by atoms with Crippen molar-refractivity contribution in [2.45, 2.75) is 31.3 Å². The lowest BCUT2D eigenvalue weighted by molar-refractivity contribution is -0.139. The molecule has 0 aromatic heterocycles. The minimum absolute atomic E-state index is 0.0313. The third kappa shape index (κ3) is 7.05. The number of nitrogens with zero attached hydrogens (tertiary/aromatic N) is 2. The first-order chi connectivity index (χ1) is 18.6.